The van der Waals surface area contributed by atoms with Crippen LogP contribution in [0.1, 0.15) is 0 Å². The van der Waals surface area contributed by atoms with E-state index >= 15 is 0 Å². The molecule has 0 fully saturated rings. The van der Waals surface area contributed by atoms with Crippen LogP contribution in [0.2, 0.25) is 5.15 Å². The van der Waals surface area contributed by atoms with Gasteiger partial charge in [0.1, 0.15) is 0 Å². The van der Waals surface area contributed by atoms with Gasteiger partial charge in [-0.15, -0.1) is 0 Å². The molecule has 0 saturated heterocycles. The van der Waals surface area contributed by atoms with Crippen molar-refractivity contribution in [3.8, 4) is 11.1 Å². The molecule has 0 aliphatic rings. The van der Waals surface area contributed by atoms with Crippen LogP contribution >= 0.6 is 11.6 Å². The lowest BCUT2D eigenvalue weighted by molar-refractivity contribution is 0.607. The number of sulfonamides is 1. The zero-order valence-electron chi connectivity index (χ0n) is 9.83. The number of hydrogen-bond acceptors (Lipinski definition) is 6. The number of nitrogens with zero attached hydrogens (tertiary/aromatic N) is 3. The molecule has 0 unspecified atom stereocenters. The Morgan fingerprint density at radius 3 is 2.32 bits per heavy atom. The molecule has 19 heavy (non-hydrogen) atoms. The van der Waals surface area contributed by atoms with E-state index in [1.807, 2.05) is 0 Å². The van der Waals surface area contributed by atoms with Gasteiger partial charge in [0.2, 0.25) is 16.0 Å². The monoisotopic (exact) mass is 299 g/mol. The van der Waals surface area contributed by atoms with Crippen molar-refractivity contribution in [3.63, 3.8) is 0 Å². The summed E-state index contributed by atoms with van der Waals surface area (Å²) in [6.45, 7) is 0. The highest BCUT2D eigenvalue weighted by Crippen LogP contribution is 2.26. The number of aromatic nitrogens is 3. The van der Waals surface area contributed by atoms with E-state index in [0.717, 1.165) is 6.26 Å². The first-order valence-electron chi connectivity index (χ1n) is 5.06. The summed E-state index contributed by atoms with van der Waals surface area (Å²) in [5.41, 5.74) is 6.85. The lowest BCUT2D eigenvalue weighted by atomic mass is 10.1. The van der Waals surface area contributed by atoms with Gasteiger partial charge < -0.3 is 5.73 Å². The van der Waals surface area contributed by atoms with Gasteiger partial charge >= 0.3 is 0 Å². The van der Waals surface area contributed by atoms with Gasteiger partial charge in [-0.1, -0.05) is 11.6 Å². The van der Waals surface area contributed by atoms with Crippen molar-refractivity contribution in [1.29, 1.82) is 0 Å². The molecule has 0 aromatic carbocycles. The molecule has 2 rings (SSSR count). The number of pyridine rings is 1. The Bertz CT molecular complexity index is 702. The number of nitrogen functional groups attached to an aromatic ring is 1. The minimum absolute atomic E-state index is 0.0607. The second-order valence-electron chi connectivity index (χ2n) is 3.77. The van der Waals surface area contributed by atoms with Crippen LogP contribution in [0.5, 0.6) is 0 Å². The number of anilines is 2. The maximum absolute atomic E-state index is 11.2. The van der Waals surface area contributed by atoms with E-state index < -0.39 is 10.0 Å². The first-order chi connectivity index (χ1) is 8.85. The quantitative estimate of drug-likeness (QED) is 0.822. The minimum atomic E-state index is -3.43. The van der Waals surface area contributed by atoms with Crippen LogP contribution in [0, 0.1) is 0 Å². The maximum atomic E-state index is 11.2. The van der Waals surface area contributed by atoms with Crippen molar-refractivity contribution in [2.24, 2.45) is 0 Å². The smallest absolute Gasteiger partial charge is 0.229 e. The summed E-state index contributed by atoms with van der Waals surface area (Å²) in [5, 5.41) is 0.0607. The van der Waals surface area contributed by atoms with Gasteiger partial charge in [0, 0.05) is 29.7 Å². The molecule has 7 nitrogen and oxygen atoms in total. The molecule has 0 atom stereocenters. The lowest BCUT2D eigenvalue weighted by Crippen LogP contribution is -2.10. The Morgan fingerprint density at radius 1 is 1.16 bits per heavy atom. The van der Waals surface area contributed by atoms with Crippen molar-refractivity contribution >= 4 is 33.3 Å². The molecule has 0 radical (unpaired) electrons. The summed E-state index contributed by atoms with van der Waals surface area (Å²) < 4.78 is 24.7. The summed E-state index contributed by atoms with van der Waals surface area (Å²) in [6, 6.07) is 1.55. The molecule has 3 N–H and O–H groups in total. The Labute approximate surface area is 114 Å². The van der Waals surface area contributed by atoms with E-state index in [2.05, 4.69) is 19.7 Å². The molecule has 0 amide bonds. The normalized spacial score (nSPS) is 11.3. The summed E-state index contributed by atoms with van der Waals surface area (Å²) in [7, 11) is -3.43. The highest BCUT2D eigenvalue weighted by atomic mass is 35.5. The van der Waals surface area contributed by atoms with Crippen LogP contribution in [-0.4, -0.2) is 29.6 Å². The summed E-state index contributed by atoms with van der Waals surface area (Å²) >= 11 is 5.83. The van der Waals surface area contributed by atoms with Gasteiger partial charge in [0.05, 0.1) is 11.9 Å². The van der Waals surface area contributed by atoms with Gasteiger partial charge in [0.25, 0.3) is 0 Å². The molecule has 0 aliphatic heterocycles. The van der Waals surface area contributed by atoms with Crippen LogP contribution in [0.4, 0.5) is 11.6 Å². The Kier molecular flexibility index (Phi) is 3.54. The molecule has 0 saturated carbocycles. The van der Waals surface area contributed by atoms with Gasteiger partial charge in [-0.3, -0.25) is 4.72 Å². The summed E-state index contributed by atoms with van der Waals surface area (Å²) in [4.78, 5) is 11.6. The number of hydrogen-bond donors (Lipinski definition) is 2. The third-order valence-corrected chi connectivity index (χ3v) is 3.03. The van der Waals surface area contributed by atoms with Crippen molar-refractivity contribution in [3.05, 3.63) is 29.8 Å². The average molecular weight is 300 g/mol. The molecule has 2 aromatic rings. The van der Waals surface area contributed by atoms with Crippen molar-refractivity contribution in [2.45, 2.75) is 0 Å². The molecule has 2 heterocycles. The fraction of sp³-hybridized carbons (Fsp3) is 0.100. The second-order valence-corrected chi connectivity index (χ2v) is 5.87. The first-order valence-corrected chi connectivity index (χ1v) is 7.33. The van der Waals surface area contributed by atoms with Gasteiger partial charge in [-0.05, 0) is 6.07 Å². The summed E-state index contributed by atoms with van der Waals surface area (Å²) in [6.07, 6.45) is 5.54. The Morgan fingerprint density at radius 2 is 1.74 bits per heavy atom. The SMILES string of the molecule is CS(=O)(=O)Nc1cc(-c2cnc(N)nc2)cnc1Cl. The minimum Gasteiger partial charge on any atom is -0.368 e. The Balaban J connectivity index is 2.43. The van der Waals surface area contributed by atoms with E-state index in [0.29, 0.717) is 11.1 Å². The maximum Gasteiger partial charge on any atom is 0.229 e. The highest BCUT2D eigenvalue weighted by molar-refractivity contribution is 7.92. The number of nitrogens with two attached hydrogens (primary N) is 1. The van der Waals surface area contributed by atoms with Crippen molar-refractivity contribution < 1.29 is 8.42 Å². The molecular weight excluding hydrogens is 290 g/mol. The number of nitrogens with one attached hydrogen (secondary N) is 1. The zero-order valence-corrected chi connectivity index (χ0v) is 11.4. The molecule has 0 spiro atoms. The van der Waals surface area contributed by atoms with Crippen LogP contribution in [-0.2, 0) is 10.0 Å². The fourth-order valence-electron chi connectivity index (χ4n) is 1.36. The average Bonchev–Trinajstić information content (AvgIpc) is 2.31. The van der Waals surface area contributed by atoms with Gasteiger partial charge in [-0.25, -0.2) is 23.4 Å². The van der Waals surface area contributed by atoms with Crippen molar-refractivity contribution in [1.82, 2.24) is 15.0 Å². The van der Waals surface area contributed by atoms with E-state index in [9.17, 15) is 8.42 Å². The predicted molar refractivity (Wildman–Crippen MR) is 73.2 cm³/mol. The molecule has 100 valence electrons. The fourth-order valence-corrected chi connectivity index (χ4v) is 2.13. The van der Waals surface area contributed by atoms with E-state index in [-0.39, 0.29) is 16.8 Å². The first kappa shape index (κ1) is 13.5. The van der Waals surface area contributed by atoms with Gasteiger partial charge in [0.15, 0.2) is 5.15 Å². The third kappa shape index (κ3) is 3.52. The van der Waals surface area contributed by atoms with Gasteiger partial charge in [-0.2, -0.15) is 0 Å². The molecule has 0 aliphatic carbocycles. The van der Waals surface area contributed by atoms with Crippen LogP contribution in [0.25, 0.3) is 11.1 Å². The molecule has 2 aromatic heterocycles. The topological polar surface area (TPSA) is 111 Å². The summed E-state index contributed by atoms with van der Waals surface area (Å²) in [5.74, 6) is 0.153. The zero-order chi connectivity index (χ0) is 14.0. The molecule has 9 heteroatoms. The highest BCUT2D eigenvalue weighted by Gasteiger charge is 2.10. The van der Waals surface area contributed by atoms with Crippen LogP contribution in [0.3, 0.4) is 0 Å². The Hall–Kier alpha value is -1.93. The standard InChI is InChI=1S/C10H10ClN5O2S/c1-19(17,18)16-8-2-6(3-13-9(8)11)7-4-14-10(12)15-5-7/h2-5,16H,1H3,(H2,12,14,15). The van der Waals surface area contributed by atoms with E-state index in [1.54, 1.807) is 6.07 Å². The van der Waals surface area contributed by atoms with Crippen molar-refractivity contribution in [2.75, 3.05) is 16.7 Å². The van der Waals surface area contributed by atoms with E-state index in [1.165, 1.54) is 18.6 Å². The van der Waals surface area contributed by atoms with Crippen LogP contribution < -0.4 is 10.5 Å². The van der Waals surface area contributed by atoms with E-state index in [4.69, 9.17) is 17.3 Å². The lowest BCUT2D eigenvalue weighted by Gasteiger charge is -2.08. The van der Waals surface area contributed by atoms with Crippen LogP contribution in [0.15, 0.2) is 24.7 Å². The predicted octanol–water partition coefficient (Wildman–Crippen LogP) is 1.15. The molecule has 0 bridgehead atoms. The second kappa shape index (κ2) is 4.98. The largest absolute Gasteiger partial charge is 0.368 e. The number of rotatable bonds is 3. The third-order valence-electron chi connectivity index (χ3n) is 2.14. The number of halogens is 1. The molecular formula is C10H10ClN5O2S.